The number of rotatable bonds is 3. The largest absolute Gasteiger partial charge is 0.308 e. The third-order valence-electron chi connectivity index (χ3n) is 7.77. The standard InChI is InChI=1S/C36H19N5/c37-20-22-11-13-27-29-17-26(18-30-28-14-12-23(21-38)16-34(28)41(35(29)30)33(27)15-22)36-39-31(24-7-3-1-4-8-24)19-32(40-36)25-9-5-2-6-10-25/h1-19H. The van der Waals surface area contributed by atoms with E-state index in [2.05, 4.69) is 52.9 Å². The van der Waals surface area contributed by atoms with E-state index in [1.54, 1.807) is 0 Å². The lowest BCUT2D eigenvalue weighted by molar-refractivity contribution is 1.19. The highest BCUT2D eigenvalue weighted by Gasteiger charge is 2.21. The second-order valence-corrected chi connectivity index (χ2v) is 10.1. The molecule has 8 aromatic rings. The molecule has 5 aromatic carbocycles. The number of benzene rings is 5. The molecule has 3 heterocycles. The van der Waals surface area contributed by atoms with Crippen LogP contribution in [0.1, 0.15) is 11.1 Å². The van der Waals surface area contributed by atoms with Gasteiger partial charge in [0.25, 0.3) is 0 Å². The lowest BCUT2D eigenvalue weighted by atomic mass is 10.0. The summed E-state index contributed by atoms with van der Waals surface area (Å²) < 4.78 is 2.18. The fraction of sp³-hybridized carbons (Fsp3) is 0. The SMILES string of the molecule is N#Cc1ccc2c3cc(-c4nc(-c5ccccc5)cc(-c5ccccc5)n4)cc4c5ccc(C#N)cc5n(c2c1)c34. The summed E-state index contributed by atoms with van der Waals surface area (Å²) >= 11 is 0. The zero-order valence-electron chi connectivity index (χ0n) is 21.7. The maximum absolute atomic E-state index is 9.64. The van der Waals surface area contributed by atoms with Crippen LogP contribution in [0.2, 0.25) is 0 Å². The topological polar surface area (TPSA) is 77.8 Å². The van der Waals surface area contributed by atoms with Crippen LogP contribution >= 0.6 is 0 Å². The van der Waals surface area contributed by atoms with Crippen molar-refractivity contribution in [3.8, 4) is 46.0 Å². The van der Waals surface area contributed by atoms with Crippen molar-refractivity contribution < 1.29 is 0 Å². The average Bonchev–Trinajstić information content (AvgIpc) is 3.56. The molecule has 0 atom stereocenters. The summed E-state index contributed by atoms with van der Waals surface area (Å²) in [6, 6.07) is 42.8. The Balaban J connectivity index is 1.48. The minimum atomic E-state index is 0.592. The molecule has 5 heteroatoms. The highest BCUT2D eigenvalue weighted by atomic mass is 14.9. The highest BCUT2D eigenvalue weighted by Crippen LogP contribution is 2.42. The van der Waals surface area contributed by atoms with Crippen LogP contribution < -0.4 is 0 Å². The molecule has 0 aliphatic rings. The summed E-state index contributed by atoms with van der Waals surface area (Å²) in [4.78, 5) is 10.1. The van der Waals surface area contributed by atoms with Crippen molar-refractivity contribution in [2.45, 2.75) is 0 Å². The van der Waals surface area contributed by atoms with Crippen LogP contribution in [0.3, 0.4) is 0 Å². The Kier molecular flexibility index (Phi) is 4.88. The smallest absolute Gasteiger partial charge is 0.160 e. The lowest BCUT2D eigenvalue weighted by Crippen LogP contribution is -1.96. The van der Waals surface area contributed by atoms with Crippen LogP contribution in [0.5, 0.6) is 0 Å². The molecular formula is C36H19N5. The Hall–Kier alpha value is -6.04. The van der Waals surface area contributed by atoms with Crippen molar-refractivity contribution in [1.82, 2.24) is 14.4 Å². The summed E-state index contributed by atoms with van der Waals surface area (Å²) in [5, 5.41) is 23.5. The van der Waals surface area contributed by atoms with E-state index in [4.69, 9.17) is 9.97 Å². The molecule has 0 fully saturated rings. The first-order valence-electron chi connectivity index (χ1n) is 13.3. The van der Waals surface area contributed by atoms with E-state index in [1.165, 1.54) is 0 Å². The van der Waals surface area contributed by atoms with Gasteiger partial charge in [0.2, 0.25) is 0 Å². The normalized spacial score (nSPS) is 11.4. The van der Waals surface area contributed by atoms with Gasteiger partial charge in [0.05, 0.1) is 51.2 Å². The molecule has 0 radical (unpaired) electrons. The lowest BCUT2D eigenvalue weighted by Gasteiger charge is -2.10. The van der Waals surface area contributed by atoms with E-state index >= 15 is 0 Å². The molecule has 5 nitrogen and oxygen atoms in total. The van der Waals surface area contributed by atoms with Gasteiger partial charge in [-0.1, -0.05) is 72.8 Å². The molecule has 0 bridgehead atoms. The van der Waals surface area contributed by atoms with Crippen LogP contribution in [-0.2, 0) is 0 Å². The number of fused-ring (bicyclic) bond motifs is 6. The van der Waals surface area contributed by atoms with E-state index in [1.807, 2.05) is 78.9 Å². The van der Waals surface area contributed by atoms with Gasteiger partial charge in [-0.05, 0) is 42.5 Å². The van der Waals surface area contributed by atoms with Crippen molar-refractivity contribution in [3.05, 3.63) is 126 Å². The summed E-state index contributed by atoms with van der Waals surface area (Å²) in [7, 11) is 0. The van der Waals surface area contributed by atoms with Crippen LogP contribution in [0.15, 0.2) is 115 Å². The Morgan fingerprint density at radius 3 is 1.44 bits per heavy atom. The predicted octanol–water partition coefficient (Wildman–Crippen LogP) is 8.37. The fourth-order valence-electron chi connectivity index (χ4n) is 5.90. The summed E-state index contributed by atoms with van der Waals surface area (Å²) in [5.41, 5.74) is 8.78. The number of hydrogen-bond donors (Lipinski definition) is 0. The van der Waals surface area contributed by atoms with Crippen molar-refractivity contribution in [1.29, 1.82) is 10.5 Å². The van der Waals surface area contributed by atoms with Crippen molar-refractivity contribution in [3.63, 3.8) is 0 Å². The van der Waals surface area contributed by atoms with Gasteiger partial charge in [-0.2, -0.15) is 10.5 Å². The molecule has 188 valence electrons. The van der Waals surface area contributed by atoms with Crippen LogP contribution in [0.4, 0.5) is 0 Å². The highest BCUT2D eigenvalue weighted by molar-refractivity contribution is 6.24. The van der Waals surface area contributed by atoms with E-state index in [9.17, 15) is 10.5 Å². The zero-order valence-corrected chi connectivity index (χ0v) is 21.7. The third kappa shape index (κ3) is 3.47. The Morgan fingerprint density at radius 2 is 0.976 bits per heavy atom. The first kappa shape index (κ1) is 22.9. The van der Waals surface area contributed by atoms with Gasteiger partial charge in [-0.15, -0.1) is 0 Å². The van der Waals surface area contributed by atoms with Gasteiger partial charge < -0.3 is 4.40 Å². The number of hydrogen-bond acceptors (Lipinski definition) is 4. The van der Waals surface area contributed by atoms with E-state index < -0.39 is 0 Å². The zero-order chi connectivity index (χ0) is 27.5. The molecule has 0 saturated carbocycles. The summed E-state index contributed by atoms with van der Waals surface area (Å²) in [6.45, 7) is 0. The summed E-state index contributed by atoms with van der Waals surface area (Å²) in [5.74, 6) is 0.639. The van der Waals surface area contributed by atoms with Crippen LogP contribution in [0, 0.1) is 22.7 Å². The van der Waals surface area contributed by atoms with Gasteiger partial charge in [0.15, 0.2) is 5.82 Å². The maximum atomic E-state index is 9.64. The molecule has 3 aromatic heterocycles. The molecule has 0 aliphatic carbocycles. The maximum Gasteiger partial charge on any atom is 0.160 e. The first-order chi connectivity index (χ1) is 20.2. The van der Waals surface area contributed by atoms with E-state index in [-0.39, 0.29) is 0 Å². The van der Waals surface area contributed by atoms with Crippen molar-refractivity contribution in [2.75, 3.05) is 0 Å². The van der Waals surface area contributed by atoms with E-state index in [0.717, 1.165) is 66.2 Å². The van der Waals surface area contributed by atoms with Crippen LogP contribution in [-0.4, -0.2) is 14.4 Å². The third-order valence-corrected chi connectivity index (χ3v) is 7.77. The second kappa shape index (κ2) is 8.74. The molecule has 0 aliphatic heterocycles. The Bertz CT molecular complexity index is 2210. The molecule has 8 rings (SSSR count). The average molecular weight is 522 g/mol. The minimum absolute atomic E-state index is 0.592. The predicted molar refractivity (Wildman–Crippen MR) is 162 cm³/mol. The Labute approximate surface area is 235 Å². The van der Waals surface area contributed by atoms with Gasteiger partial charge in [0.1, 0.15) is 0 Å². The molecule has 0 unspecified atom stereocenters. The van der Waals surface area contributed by atoms with Gasteiger partial charge in [-0.3, -0.25) is 0 Å². The van der Waals surface area contributed by atoms with E-state index in [0.29, 0.717) is 17.0 Å². The molecular weight excluding hydrogens is 502 g/mol. The number of nitrogens with zero attached hydrogens (tertiary/aromatic N) is 5. The first-order valence-corrected chi connectivity index (χ1v) is 13.3. The Morgan fingerprint density at radius 1 is 0.488 bits per heavy atom. The monoisotopic (exact) mass is 521 g/mol. The molecule has 0 N–H and O–H groups in total. The molecule has 0 amide bonds. The van der Waals surface area contributed by atoms with Crippen LogP contribution in [0.25, 0.3) is 72.0 Å². The quantitative estimate of drug-likeness (QED) is 0.234. The number of aromatic nitrogens is 3. The molecule has 41 heavy (non-hydrogen) atoms. The minimum Gasteiger partial charge on any atom is -0.308 e. The van der Waals surface area contributed by atoms with Gasteiger partial charge >= 0.3 is 0 Å². The summed E-state index contributed by atoms with van der Waals surface area (Å²) in [6.07, 6.45) is 0. The molecule has 0 spiro atoms. The number of nitriles is 2. The van der Waals surface area contributed by atoms with Crippen molar-refractivity contribution >= 4 is 38.1 Å². The second-order valence-electron chi connectivity index (χ2n) is 10.1. The van der Waals surface area contributed by atoms with Gasteiger partial charge in [0, 0.05) is 38.2 Å². The van der Waals surface area contributed by atoms with Crippen molar-refractivity contribution in [2.24, 2.45) is 0 Å². The van der Waals surface area contributed by atoms with Gasteiger partial charge in [-0.25, -0.2) is 9.97 Å². The fourth-order valence-corrected chi connectivity index (χ4v) is 5.90. The molecule has 0 saturated heterocycles.